The van der Waals surface area contributed by atoms with Gasteiger partial charge >= 0.3 is 0 Å². The number of nitrogens with one attached hydrogen (secondary N) is 2. The van der Waals surface area contributed by atoms with Crippen LogP contribution in [0.15, 0.2) is 30.3 Å². The summed E-state index contributed by atoms with van der Waals surface area (Å²) >= 11 is 0. The van der Waals surface area contributed by atoms with Crippen molar-refractivity contribution >= 4 is 17.5 Å². The van der Waals surface area contributed by atoms with Gasteiger partial charge in [-0.25, -0.2) is 4.98 Å². The number of hydrogen-bond acceptors (Lipinski definition) is 6. The summed E-state index contributed by atoms with van der Waals surface area (Å²) in [5, 5.41) is 6.64. The van der Waals surface area contributed by atoms with Gasteiger partial charge in [-0.2, -0.15) is 4.98 Å². The predicted molar refractivity (Wildman–Crippen MR) is 116 cm³/mol. The minimum Gasteiger partial charge on any atom is -0.481 e. The normalized spacial score (nSPS) is 15.4. The molecule has 7 nitrogen and oxygen atoms in total. The molecule has 1 saturated carbocycles. The molecule has 1 aliphatic carbocycles. The second kappa shape index (κ2) is 9.11. The fraction of sp³-hybridized carbons (Fsp3) is 0.500. The van der Waals surface area contributed by atoms with E-state index in [4.69, 9.17) is 4.74 Å². The fourth-order valence-electron chi connectivity index (χ4n) is 3.77. The Morgan fingerprint density at radius 3 is 2.45 bits per heavy atom. The molecule has 7 heteroatoms. The first kappa shape index (κ1) is 20.9. The first-order valence-corrected chi connectivity index (χ1v) is 10.1. The van der Waals surface area contributed by atoms with Crippen LogP contribution in [-0.2, 0) is 0 Å². The number of rotatable bonds is 7. The van der Waals surface area contributed by atoms with Crippen molar-refractivity contribution in [1.82, 2.24) is 15.3 Å². The highest BCUT2D eigenvalue weighted by atomic mass is 16.5. The lowest BCUT2D eigenvalue weighted by Gasteiger charge is -2.38. The second-order valence-corrected chi connectivity index (χ2v) is 7.97. The maximum atomic E-state index is 13.0. The van der Waals surface area contributed by atoms with Crippen LogP contribution in [0.1, 0.15) is 48.2 Å². The minimum absolute atomic E-state index is 0.0400. The van der Waals surface area contributed by atoms with Crippen LogP contribution in [0.25, 0.3) is 0 Å². The van der Waals surface area contributed by atoms with Gasteiger partial charge in [0.15, 0.2) is 0 Å². The third kappa shape index (κ3) is 5.37. The topological polar surface area (TPSA) is 79.4 Å². The zero-order valence-electron chi connectivity index (χ0n) is 17.8. The van der Waals surface area contributed by atoms with Crippen molar-refractivity contribution < 1.29 is 9.53 Å². The number of aromatic nitrogens is 2. The Labute approximate surface area is 172 Å². The van der Waals surface area contributed by atoms with Gasteiger partial charge in [-0.1, -0.05) is 19.3 Å². The highest BCUT2D eigenvalue weighted by molar-refractivity contribution is 5.95. The van der Waals surface area contributed by atoms with Crippen LogP contribution in [0.4, 0.5) is 11.6 Å². The molecule has 0 radical (unpaired) electrons. The second-order valence-electron chi connectivity index (χ2n) is 7.97. The Bertz CT molecular complexity index is 830. The third-order valence-corrected chi connectivity index (χ3v) is 5.46. The number of carbonyl (C=O) groups is 1. The average molecular weight is 398 g/mol. The number of amides is 1. The molecule has 0 aliphatic heterocycles. The smallest absolute Gasteiger partial charge is 0.251 e. The van der Waals surface area contributed by atoms with Crippen molar-refractivity contribution in [2.24, 2.45) is 0 Å². The number of anilines is 2. The van der Waals surface area contributed by atoms with Gasteiger partial charge in [0, 0.05) is 43.7 Å². The first-order valence-electron chi connectivity index (χ1n) is 10.1. The zero-order valence-corrected chi connectivity index (χ0v) is 17.8. The maximum absolute atomic E-state index is 13.0. The standard InChI is InChI=1S/C22H31N5O2/c1-16-14-19(29-4)25-21(24-16)23-15-22(12-6-5-7-13-22)26-20(28)17-8-10-18(11-9-17)27(2)3/h8-11,14H,5-7,12-13,15H2,1-4H3,(H,26,28)(H,23,24,25). The number of benzene rings is 1. The van der Waals surface area contributed by atoms with Crippen LogP contribution in [0, 0.1) is 6.92 Å². The molecule has 1 fully saturated rings. The lowest BCUT2D eigenvalue weighted by molar-refractivity contribution is 0.0878. The molecule has 1 aromatic carbocycles. The van der Waals surface area contributed by atoms with Crippen LogP contribution in [0.3, 0.4) is 0 Å². The lowest BCUT2D eigenvalue weighted by Crippen LogP contribution is -2.54. The van der Waals surface area contributed by atoms with Crippen molar-refractivity contribution in [2.45, 2.75) is 44.6 Å². The van der Waals surface area contributed by atoms with E-state index in [9.17, 15) is 4.79 Å². The van der Waals surface area contributed by atoms with E-state index in [-0.39, 0.29) is 11.4 Å². The third-order valence-electron chi connectivity index (χ3n) is 5.46. The van der Waals surface area contributed by atoms with E-state index < -0.39 is 0 Å². The van der Waals surface area contributed by atoms with Gasteiger partial charge in [0.05, 0.1) is 12.6 Å². The van der Waals surface area contributed by atoms with Crippen molar-refractivity contribution in [1.29, 1.82) is 0 Å². The molecule has 1 amide bonds. The summed E-state index contributed by atoms with van der Waals surface area (Å²) in [5.74, 6) is 1.01. The SMILES string of the molecule is COc1cc(C)nc(NCC2(NC(=O)c3ccc(N(C)C)cc3)CCCCC2)n1. The summed E-state index contributed by atoms with van der Waals surface area (Å²) in [5.41, 5.74) is 2.27. The molecule has 2 N–H and O–H groups in total. The van der Waals surface area contributed by atoms with Crippen molar-refractivity contribution in [2.75, 3.05) is 38.0 Å². The van der Waals surface area contributed by atoms with E-state index in [1.807, 2.05) is 50.2 Å². The number of carbonyl (C=O) groups excluding carboxylic acids is 1. The molecule has 0 atom stereocenters. The predicted octanol–water partition coefficient (Wildman–Crippen LogP) is 3.40. The maximum Gasteiger partial charge on any atom is 0.251 e. The molecule has 1 heterocycles. The van der Waals surface area contributed by atoms with Crippen molar-refractivity contribution in [3.8, 4) is 5.88 Å². The van der Waals surface area contributed by atoms with E-state index in [1.54, 1.807) is 13.2 Å². The van der Waals surface area contributed by atoms with Gasteiger partial charge in [-0.3, -0.25) is 4.79 Å². The van der Waals surface area contributed by atoms with Gasteiger partial charge in [-0.05, 0) is 44.0 Å². The van der Waals surface area contributed by atoms with Crippen LogP contribution in [0.2, 0.25) is 0 Å². The first-order chi connectivity index (χ1) is 13.9. The van der Waals surface area contributed by atoms with Gasteiger partial charge < -0.3 is 20.3 Å². The van der Waals surface area contributed by atoms with Crippen LogP contribution in [-0.4, -0.2) is 49.2 Å². The summed E-state index contributed by atoms with van der Waals surface area (Å²) in [6.45, 7) is 2.49. The van der Waals surface area contributed by atoms with Gasteiger partial charge in [-0.15, -0.1) is 0 Å². The molecule has 156 valence electrons. The van der Waals surface area contributed by atoms with Crippen LogP contribution < -0.4 is 20.3 Å². The quantitative estimate of drug-likeness (QED) is 0.745. The Kier molecular flexibility index (Phi) is 6.56. The molecule has 0 spiro atoms. The average Bonchev–Trinajstić information content (AvgIpc) is 2.72. The van der Waals surface area contributed by atoms with E-state index in [2.05, 4.69) is 20.6 Å². The number of nitrogens with zero attached hydrogens (tertiary/aromatic N) is 3. The summed E-state index contributed by atoms with van der Waals surface area (Å²) in [6.07, 6.45) is 5.26. The molecular weight excluding hydrogens is 366 g/mol. The molecular formula is C22H31N5O2. The molecule has 0 unspecified atom stereocenters. The van der Waals surface area contributed by atoms with E-state index in [0.717, 1.165) is 37.1 Å². The Morgan fingerprint density at radius 2 is 1.83 bits per heavy atom. The fourth-order valence-corrected chi connectivity index (χ4v) is 3.77. The molecule has 0 saturated heterocycles. The Morgan fingerprint density at radius 1 is 1.14 bits per heavy atom. The molecule has 3 rings (SSSR count). The highest BCUT2D eigenvalue weighted by Crippen LogP contribution is 2.29. The van der Waals surface area contributed by atoms with E-state index >= 15 is 0 Å². The largest absolute Gasteiger partial charge is 0.481 e. The molecule has 2 aromatic rings. The monoisotopic (exact) mass is 397 g/mol. The van der Waals surface area contributed by atoms with E-state index in [0.29, 0.717) is 23.9 Å². The summed E-state index contributed by atoms with van der Waals surface area (Å²) < 4.78 is 5.24. The zero-order chi connectivity index (χ0) is 20.9. The number of hydrogen-bond donors (Lipinski definition) is 2. The lowest BCUT2D eigenvalue weighted by atomic mass is 9.81. The van der Waals surface area contributed by atoms with Crippen LogP contribution in [0.5, 0.6) is 5.88 Å². The number of ether oxygens (including phenoxy) is 1. The molecule has 29 heavy (non-hydrogen) atoms. The van der Waals surface area contributed by atoms with E-state index in [1.165, 1.54) is 6.42 Å². The summed E-state index contributed by atoms with van der Waals surface area (Å²) in [4.78, 5) is 23.8. The summed E-state index contributed by atoms with van der Waals surface area (Å²) in [7, 11) is 5.57. The Balaban J connectivity index is 1.72. The summed E-state index contributed by atoms with van der Waals surface area (Å²) in [6, 6.07) is 9.48. The molecule has 1 aromatic heterocycles. The number of methoxy groups -OCH3 is 1. The highest BCUT2D eigenvalue weighted by Gasteiger charge is 2.34. The number of aryl methyl sites for hydroxylation is 1. The van der Waals surface area contributed by atoms with Gasteiger partial charge in [0.1, 0.15) is 0 Å². The van der Waals surface area contributed by atoms with Gasteiger partial charge in [0.2, 0.25) is 11.8 Å². The Hall–Kier alpha value is -2.83. The van der Waals surface area contributed by atoms with Crippen molar-refractivity contribution in [3.63, 3.8) is 0 Å². The van der Waals surface area contributed by atoms with Crippen molar-refractivity contribution in [3.05, 3.63) is 41.6 Å². The molecule has 0 bridgehead atoms. The minimum atomic E-state index is -0.310. The molecule has 1 aliphatic rings. The van der Waals surface area contributed by atoms with Crippen LogP contribution >= 0.6 is 0 Å². The van der Waals surface area contributed by atoms with Gasteiger partial charge in [0.25, 0.3) is 5.91 Å².